The summed E-state index contributed by atoms with van der Waals surface area (Å²) >= 11 is 0. The first-order chi connectivity index (χ1) is 14.3. The van der Waals surface area contributed by atoms with Gasteiger partial charge in [-0.25, -0.2) is 17.9 Å². The van der Waals surface area contributed by atoms with Gasteiger partial charge in [-0.05, 0) is 37.9 Å². The number of rotatable bonds is 5. The summed E-state index contributed by atoms with van der Waals surface area (Å²) in [4.78, 5) is 25.5. The van der Waals surface area contributed by atoms with Crippen molar-refractivity contribution in [3.63, 3.8) is 0 Å². The zero-order valence-electron chi connectivity index (χ0n) is 18.3. The fourth-order valence-electron chi connectivity index (χ4n) is 3.08. The number of aromatic nitrogens is 4. The number of sulfonamides is 1. The Labute approximate surface area is 165 Å². The molecule has 2 aromatic heterocycles. The highest BCUT2D eigenvalue weighted by atomic mass is 32.2. The summed E-state index contributed by atoms with van der Waals surface area (Å²) in [6.07, 6.45) is 3.63. The van der Waals surface area contributed by atoms with E-state index in [-0.39, 0.29) is 35.2 Å². The van der Waals surface area contributed by atoms with Crippen molar-refractivity contribution in [3.8, 4) is 0 Å². The first-order valence-electron chi connectivity index (χ1n) is 10.1. The van der Waals surface area contributed by atoms with Gasteiger partial charge in [-0.2, -0.15) is 5.10 Å². The van der Waals surface area contributed by atoms with Gasteiger partial charge < -0.3 is 0 Å². The second kappa shape index (κ2) is 6.14. The fourth-order valence-corrected chi connectivity index (χ4v) is 4.44. The van der Waals surface area contributed by atoms with Gasteiger partial charge in [0, 0.05) is 35.5 Å². The number of aryl methyl sites for hydroxylation is 2. The van der Waals surface area contributed by atoms with Crippen LogP contribution in [0.1, 0.15) is 29.4 Å². The Morgan fingerprint density at radius 3 is 2.64 bits per heavy atom. The molecule has 2 heterocycles. The Balaban J connectivity index is 1.82. The number of fused-ring (bicyclic) bond motifs is 1. The van der Waals surface area contributed by atoms with Gasteiger partial charge in [0.2, 0.25) is 10.0 Å². The summed E-state index contributed by atoms with van der Waals surface area (Å²) in [5, 5.41) is 4.06. The van der Waals surface area contributed by atoms with Crippen LogP contribution in [-0.4, -0.2) is 32.9 Å². The number of benzene rings is 1. The Hall–Kier alpha value is -2.72. The van der Waals surface area contributed by atoms with Crippen molar-refractivity contribution >= 4 is 20.9 Å². The molecule has 0 atom stereocenters. The van der Waals surface area contributed by atoms with Crippen LogP contribution in [0.5, 0.6) is 0 Å². The lowest BCUT2D eigenvalue weighted by Crippen LogP contribution is -2.39. The third-order valence-electron chi connectivity index (χ3n) is 4.81. The van der Waals surface area contributed by atoms with Gasteiger partial charge in [-0.1, -0.05) is 0 Å². The normalized spacial score (nSPS) is 17.9. The Morgan fingerprint density at radius 1 is 1.29 bits per heavy atom. The molecule has 0 radical (unpaired) electrons. The molecule has 1 N–H and O–H groups in total. The molecule has 3 aromatic rings. The Kier molecular flexibility index (Phi) is 3.34. The summed E-state index contributed by atoms with van der Waals surface area (Å²) in [6, 6.07) is 3.80. The van der Waals surface area contributed by atoms with Crippen LogP contribution >= 0.6 is 0 Å². The summed E-state index contributed by atoms with van der Waals surface area (Å²) in [6.45, 7) is -2.50. The molecule has 0 aliphatic heterocycles. The lowest BCUT2D eigenvalue weighted by molar-refractivity contribution is 0.558. The van der Waals surface area contributed by atoms with E-state index in [4.69, 9.17) is 4.11 Å². The average molecular weight is 406 g/mol. The minimum atomic E-state index is -4.20. The summed E-state index contributed by atoms with van der Waals surface area (Å²) in [7, 11) is -0.998. The Bertz CT molecular complexity index is 1410. The minimum absolute atomic E-state index is 0.0212. The zero-order chi connectivity index (χ0) is 22.8. The third kappa shape index (κ3) is 3.18. The van der Waals surface area contributed by atoms with Gasteiger partial charge >= 0.3 is 5.69 Å². The van der Waals surface area contributed by atoms with Crippen LogP contribution in [0, 0.1) is 0 Å². The smallest absolute Gasteiger partial charge is 0.296 e. The molecular weight excluding hydrogens is 382 g/mol. The van der Waals surface area contributed by atoms with Crippen LogP contribution in [0.25, 0.3) is 10.9 Å². The molecule has 9 nitrogen and oxygen atoms in total. The van der Waals surface area contributed by atoms with Crippen molar-refractivity contribution in [2.45, 2.75) is 36.7 Å². The minimum Gasteiger partial charge on any atom is -0.296 e. The molecule has 4 rings (SSSR count). The summed E-state index contributed by atoms with van der Waals surface area (Å²) in [5.41, 5.74) is -1.76. The van der Waals surface area contributed by atoms with Gasteiger partial charge in [0.1, 0.15) is 0 Å². The van der Waals surface area contributed by atoms with Gasteiger partial charge in [-0.15, -0.1) is 0 Å². The second-order valence-electron chi connectivity index (χ2n) is 7.12. The van der Waals surface area contributed by atoms with E-state index in [1.807, 2.05) is 0 Å². The van der Waals surface area contributed by atoms with Crippen LogP contribution in [0.2, 0.25) is 0 Å². The van der Waals surface area contributed by atoms with Gasteiger partial charge in [0.25, 0.3) is 5.56 Å². The van der Waals surface area contributed by atoms with Crippen molar-refractivity contribution in [3.05, 3.63) is 57.0 Å². The topological polar surface area (TPSA) is 108 Å². The summed E-state index contributed by atoms with van der Waals surface area (Å²) in [5.74, 6) is 0. The van der Waals surface area contributed by atoms with E-state index in [0.29, 0.717) is 5.56 Å². The first kappa shape index (κ1) is 15.2. The zero-order valence-corrected chi connectivity index (χ0v) is 16.2. The quantitative estimate of drug-likeness (QED) is 0.656. The van der Waals surface area contributed by atoms with Gasteiger partial charge in [-0.3, -0.25) is 18.6 Å². The van der Waals surface area contributed by atoms with E-state index in [1.54, 1.807) is 17.9 Å². The predicted molar refractivity (Wildman–Crippen MR) is 104 cm³/mol. The first-order valence-corrected chi connectivity index (χ1v) is 10.1. The van der Waals surface area contributed by atoms with Crippen molar-refractivity contribution in [2.24, 2.45) is 14.1 Å². The maximum absolute atomic E-state index is 13.1. The second-order valence-corrected chi connectivity index (χ2v) is 8.80. The molecule has 0 unspecified atom stereocenters. The highest BCUT2D eigenvalue weighted by molar-refractivity contribution is 7.89. The molecule has 0 amide bonds. The van der Waals surface area contributed by atoms with E-state index >= 15 is 0 Å². The number of hydrogen-bond donors (Lipinski definition) is 1. The average Bonchev–Trinajstić information content (AvgIpc) is 3.36. The maximum Gasteiger partial charge on any atom is 0.331 e. The van der Waals surface area contributed by atoms with Crippen LogP contribution in [0.15, 0.2) is 45.1 Å². The van der Waals surface area contributed by atoms with E-state index in [2.05, 4.69) is 9.82 Å². The standard InChI is InChI=1S/C18H21N5O4S/c1-18(6-7-18)20-28(26,27)13-4-5-15-14(8-13)16(24)23(17(25)22(15)3)11-12-9-19-21(2)10-12/h4-5,8-10,20H,6-7,11H2,1-3H3/i1D3. The fraction of sp³-hybridized carbons (Fsp3) is 0.389. The molecular formula is C18H21N5O4S. The molecule has 1 fully saturated rings. The molecule has 28 heavy (non-hydrogen) atoms. The van der Waals surface area contributed by atoms with Crippen LogP contribution in [0.3, 0.4) is 0 Å². The molecule has 0 spiro atoms. The number of nitrogens with one attached hydrogen (secondary N) is 1. The summed E-state index contributed by atoms with van der Waals surface area (Å²) < 4.78 is 54.6. The lowest BCUT2D eigenvalue weighted by Gasteiger charge is -2.14. The molecule has 1 aromatic carbocycles. The SMILES string of the molecule is [2H]C([2H])([2H])C1(NS(=O)(=O)c2ccc3c(c2)c(=O)n(Cc2cnn(C)c2)c(=O)n3C)CC1. The van der Waals surface area contributed by atoms with Crippen molar-refractivity contribution < 1.29 is 12.5 Å². The molecule has 1 saturated carbocycles. The molecule has 148 valence electrons. The van der Waals surface area contributed by atoms with Crippen LogP contribution < -0.4 is 16.0 Å². The number of hydrogen-bond acceptors (Lipinski definition) is 5. The monoisotopic (exact) mass is 406 g/mol. The van der Waals surface area contributed by atoms with E-state index in [0.717, 1.165) is 4.57 Å². The third-order valence-corrected chi connectivity index (χ3v) is 6.35. The molecule has 0 bridgehead atoms. The molecule has 1 aliphatic rings. The molecule has 1 aliphatic carbocycles. The molecule has 0 saturated heterocycles. The highest BCUT2D eigenvalue weighted by Crippen LogP contribution is 2.36. The molecule has 10 heteroatoms. The highest BCUT2D eigenvalue weighted by Gasteiger charge is 2.41. The van der Waals surface area contributed by atoms with Crippen molar-refractivity contribution in [2.75, 3.05) is 0 Å². The van der Waals surface area contributed by atoms with Crippen LogP contribution in [-0.2, 0) is 30.7 Å². The predicted octanol–water partition coefficient (Wildman–Crippen LogP) is 0.313. The van der Waals surface area contributed by atoms with E-state index in [9.17, 15) is 18.0 Å². The van der Waals surface area contributed by atoms with E-state index < -0.39 is 33.7 Å². The maximum atomic E-state index is 13.1. The Morgan fingerprint density at radius 2 is 2.04 bits per heavy atom. The van der Waals surface area contributed by atoms with Gasteiger partial charge in [0.15, 0.2) is 0 Å². The lowest BCUT2D eigenvalue weighted by atomic mass is 10.2. The number of nitrogens with zero attached hydrogens (tertiary/aromatic N) is 4. The largest absolute Gasteiger partial charge is 0.331 e. The van der Waals surface area contributed by atoms with Crippen molar-refractivity contribution in [1.82, 2.24) is 23.6 Å². The van der Waals surface area contributed by atoms with Crippen LogP contribution in [0.4, 0.5) is 0 Å². The van der Waals surface area contributed by atoms with Crippen molar-refractivity contribution in [1.29, 1.82) is 0 Å². The van der Waals surface area contributed by atoms with Gasteiger partial charge in [0.05, 0.1) is 28.5 Å². The van der Waals surface area contributed by atoms with E-state index in [1.165, 1.54) is 36.0 Å².